The number of imide groups is 1. The molecule has 3 amide bonds. The predicted octanol–water partition coefficient (Wildman–Crippen LogP) is -0.857. The van der Waals surface area contributed by atoms with E-state index in [4.69, 9.17) is 4.74 Å². The summed E-state index contributed by atoms with van der Waals surface area (Å²) < 4.78 is 5.38. The van der Waals surface area contributed by atoms with Crippen LogP contribution >= 0.6 is 9.24 Å². The van der Waals surface area contributed by atoms with Crippen LogP contribution in [0.25, 0.3) is 0 Å². The van der Waals surface area contributed by atoms with Crippen molar-refractivity contribution in [3.8, 4) is 17.2 Å². The van der Waals surface area contributed by atoms with Gasteiger partial charge in [-0.2, -0.15) is 0 Å². The van der Waals surface area contributed by atoms with Crippen LogP contribution < -0.4 is 15.9 Å². The van der Waals surface area contributed by atoms with Crippen LogP contribution in [0.1, 0.15) is 54.7 Å². The van der Waals surface area contributed by atoms with Crippen LogP contribution in [-0.4, -0.2) is 107 Å². The van der Waals surface area contributed by atoms with E-state index in [-0.39, 0.29) is 17.8 Å². The second-order valence-corrected chi connectivity index (χ2v) is 10.7. The van der Waals surface area contributed by atoms with E-state index in [9.17, 15) is 50.1 Å². The van der Waals surface area contributed by atoms with Gasteiger partial charge in [-0.3, -0.25) is 24.6 Å². The number of nitrogens with one attached hydrogen (secondary N) is 2. The fourth-order valence-corrected chi connectivity index (χ4v) is 5.62. The van der Waals surface area contributed by atoms with Crippen LogP contribution in [0.2, 0.25) is 0 Å². The number of ether oxygens (including phenoxy) is 1. The lowest BCUT2D eigenvalue weighted by Gasteiger charge is -2.44. The molecule has 0 bridgehead atoms. The number of hydrogen-bond donors (Lipinski definition) is 9. The smallest absolute Gasteiger partial charge is 0.303 e. The lowest BCUT2D eigenvalue weighted by atomic mass is 9.90. The number of nitrogens with zero attached hydrogens (tertiary/aromatic N) is 2. The molecule has 248 valence electrons. The molecule has 2 unspecified atom stereocenters. The van der Waals surface area contributed by atoms with E-state index < -0.39 is 64.7 Å². The molecule has 16 heteroatoms. The molecular formula is C29H41N4O11P. The summed E-state index contributed by atoms with van der Waals surface area (Å²) in [6.45, 7) is 11.1. The number of amides is 3. The molecule has 0 aliphatic carbocycles. The van der Waals surface area contributed by atoms with E-state index in [1.807, 2.05) is 45.9 Å². The molecule has 2 aromatic carbocycles. The molecule has 3 aliphatic rings. The van der Waals surface area contributed by atoms with Gasteiger partial charge in [-0.05, 0) is 16.4 Å². The second kappa shape index (κ2) is 14.3. The Morgan fingerprint density at radius 3 is 2.20 bits per heavy atom. The summed E-state index contributed by atoms with van der Waals surface area (Å²) in [5.74, 6) is -15.1. The minimum atomic E-state index is -3.88. The summed E-state index contributed by atoms with van der Waals surface area (Å²) in [7, 11) is 2.62. The van der Waals surface area contributed by atoms with Crippen molar-refractivity contribution in [1.29, 1.82) is 0 Å². The number of morpholine rings is 1. The summed E-state index contributed by atoms with van der Waals surface area (Å²) in [5.41, 5.74) is 0.942. The first-order chi connectivity index (χ1) is 21.3. The molecule has 3 aliphatic heterocycles. The van der Waals surface area contributed by atoms with Crippen molar-refractivity contribution in [2.45, 2.75) is 64.9 Å². The Kier molecular flexibility index (Phi) is 11.4. The van der Waals surface area contributed by atoms with Crippen LogP contribution in [0.3, 0.4) is 0 Å². The molecule has 2 atom stereocenters. The Morgan fingerprint density at radius 1 is 0.978 bits per heavy atom. The maximum Gasteiger partial charge on any atom is 0.303 e. The molecule has 45 heavy (non-hydrogen) atoms. The summed E-state index contributed by atoms with van der Waals surface area (Å²) in [6, 6.07) is 3.34. The molecule has 0 saturated carbocycles. The molecule has 0 aromatic heterocycles. The first-order valence-corrected chi connectivity index (χ1v) is 15.1. The normalized spacial score (nSPS) is 20.3. The fraction of sp³-hybridized carbons (Fsp3) is 0.483. The SMILES string of the molecule is CC.CC.O=C1NC(=O)C(O)(O)C(O)(O)C1N1Cc2c(NCc3ccc(CN4CCOCC4)cc3P)c(O)c(O)c(O)c2C1=O. The molecule has 3 heterocycles. The van der Waals surface area contributed by atoms with Gasteiger partial charge in [0.15, 0.2) is 17.5 Å². The van der Waals surface area contributed by atoms with Gasteiger partial charge in [0.05, 0.1) is 31.0 Å². The van der Waals surface area contributed by atoms with Crippen LogP contribution in [-0.2, 0) is 34.0 Å². The highest BCUT2D eigenvalue weighted by Gasteiger charge is 2.67. The van der Waals surface area contributed by atoms with Crippen LogP contribution in [0.5, 0.6) is 17.2 Å². The Hall–Kier alpha value is -3.56. The minimum absolute atomic E-state index is 0.0772. The number of fused-ring (bicyclic) bond motifs is 1. The third kappa shape index (κ3) is 6.56. The average molecular weight is 653 g/mol. The second-order valence-electron chi connectivity index (χ2n) is 10.1. The van der Waals surface area contributed by atoms with Gasteiger partial charge >= 0.3 is 5.79 Å². The molecule has 2 saturated heterocycles. The lowest BCUT2D eigenvalue weighted by Crippen LogP contribution is -2.79. The van der Waals surface area contributed by atoms with E-state index in [0.29, 0.717) is 18.1 Å². The maximum atomic E-state index is 13.3. The number of phenols is 3. The molecule has 9 N–H and O–H groups in total. The minimum Gasteiger partial charge on any atom is -0.504 e. The van der Waals surface area contributed by atoms with E-state index in [1.165, 1.54) is 0 Å². The zero-order valence-corrected chi connectivity index (χ0v) is 26.6. The number of anilines is 1. The third-order valence-corrected chi connectivity index (χ3v) is 8.05. The largest absolute Gasteiger partial charge is 0.504 e. The predicted molar refractivity (Wildman–Crippen MR) is 164 cm³/mol. The topological polar surface area (TPSA) is 233 Å². The van der Waals surface area contributed by atoms with Crippen molar-refractivity contribution < 1.29 is 54.9 Å². The number of aliphatic hydroxyl groups is 4. The number of rotatable bonds is 6. The fourth-order valence-electron chi connectivity index (χ4n) is 5.20. The number of carbonyl (C=O) groups is 3. The molecule has 0 spiro atoms. The number of benzene rings is 2. The summed E-state index contributed by atoms with van der Waals surface area (Å²) >= 11 is 0. The number of piperidine rings is 1. The highest BCUT2D eigenvalue weighted by atomic mass is 31.0. The standard InChI is InChI=1S/C25H29N4O11P.2C2H6/c30-17-15-13(10-29(22(15)34)20-21(33)27-23(35)25(38,39)24(20,36)37)16(18(31)19(17)32)26-8-12-2-1-11(7-14(12)41)9-28-3-5-40-6-4-28;2*1-2/h1-2,7,20,26,30-32,36-39H,3-6,8-10,41H2,(H,27,33,35);2*1-2H3. The van der Waals surface area contributed by atoms with Crippen LogP contribution in [0, 0.1) is 0 Å². The highest BCUT2D eigenvalue weighted by Crippen LogP contribution is 2.50. The quantitative estimate of drug-likeness (QED) is 0.0609. The summed E-state index contributed by atoms with van der Waals surface area (Å²) in [4.78, 5) is 40.3. The Morgan fingerprint density at radius 2 is 1.60 bits per heavy atom. The molecule has 0 radical (unpaired) electrons. The Bertz CT molecular complexity index is 1440. The Labute approximate surface area is 262 Å². The third-order valence-electron chi connectivity index (χ3n) is 7.51. The highest BCUT2D eigenvalue weighted by molar-refractivity contribution is 7.27. The average Bonchev–Trinajstić information content (AvgIpc) is 3.34. The van der Waals surface area contributed by atoms with Gasteiger partial charge in [0.1, 0.15) is 0 Å². The van der Waals surface area contributed by atoms with Gasteiger partial charge < -0.3 is 50.7 Å². The van der Waals surface area contributed by atoms with Crippen molar-refractivity contribution in [3.05, 3.63) is 40.5 Å². The van der Waals surface area contributed by atoms with Gasteiger partial charge in [-0.25, -0.2) is 0 Å². The number of hydrogen-bond acceptors (Lipinski definition) is 13. The van der Waals surface area contributed by atoms with Gasteiger partial charge in [0.2, 0.25) is 5.75 Å². The van der Waals surface area contributed by atoms with Gasteiger partial charge in [0, 0.05) is 31.7 Å². The lowest BCUT2D eigenvalue weighted by molar-refractivity contribution is -0.355. The molecule has 15 nitrogen and oxygen atoms in total. The van der Waals surface area contributed by atoms with Gasteiger partial charge in [0.25, 0.3) is 23.5 Å². The first-order valence-electron chi connectivity index (χ1n) is 14.5. The zero-order valence-electron chi connectivity index (χ0n) is 25.5. The van der Waals surface area contributed by atoms with Crippen molar-refractivity contribution in [1.82, 2.24) is 15.1 Å². The zero-order chi connectivity index (χ0) is 33.9. The van der Waals surface area contributed by atoms with Crippen molar-refractivity contribution >= 4 is 38.0 Å². The molecular weight excluding hydrogens is 611 g/mol. The summed E-state index contributed by atoms with van der Waals surface area (Å²) in [6.07, 6.45) is 0. The molecule has 5 rings (SSSR count). The van der Waals surface area contributed by atoms with E-state index in [2.05, 4.69) is 19.5 Å². The first kappa shape index (κ1) is 35.9. The van der Waals surface area contributed by atoms with Crippen LogP contribution in [0.15, 0.2) is 18.2 Å². The Balaban J connectivity index is 0.00000133. The van der Waals surface area contributed by atoms with Gasteiger partial charge in [-0.15, -0.1) is 9.24 Å². The monoisotopic (exact) mass is 652 g/mol. The van der Waals surface area contributed by atoms with Crippen molar-refractivity contribution in [2.24, 2.45) is 0 Å². The summed E-state index contributed by atoms with van der Waals surface area (Å²) in [5, 5.41) is 77.5. The van der Waals surface area contributed by atoms with Gasteiger partial charge in [-0.1, -0.05) is 45.9 Å². The maximum absolute atomic E-state index is 13.3. The van der Waals surface area contributed by atoms with E-state index >= 15 is 0 Å². The number of carbonyl (C=O) groups excluding carboxylic acids is 3. The molecule has 2 fully saturated rings. The number of aromatic hydroxyl groups is 3. The number of phenolic OH excluding ortho intramolecular Hbond substituents is 3. The van der Waals surface area contributed by atoms with E-state index in [0.717, 1.165) is 36.1 Å². The van der Waals surface area contributed by atoms with Crippen molar-refractivity contribution in [3.63, 3.8) is 0 Å². The van der Waals surface area contributed by atoms with Crippen LogP contribution in [0.4, 0.5) is 5.69 Å². The van der Waals surface area contributed by atoms with Crippen molar-refractivity contribution in [2.75, 3.05) is 31.6 Å². The van der Waals surface area contributed by atoms with E-state index in [1.54, 1.807) is 5.32 Å². The molecule has 2 aromatic rings.